The molecule has 0 radical (unpaired) electrons. The number of rotatable bonds is 6. The van der Waals surface area contributed by atoms with Crippen molar-refractivity contribution < 1.29 is 4.74 Å². The molecule has 0 saturated heterocycles. The molecule has 100 valence electrons. The zero-order chi connectivity index (χ0) is 13.5. The van der Waals surface area contributed by atoms with Crippen molar-refractivity contribution in [3.05, 3.63) is 59.9 Å². The fourth-order valence-electron chi connectivity index (χ4n) is 2.13. The molecular weight excluding hydrogens is 236 g/mol. The molecule has 0 aliphatic carbocycles. The Bertz CT molecular complexity index is 499. The molecule has 2 aromatic rings. The van der Waals surface area contributed by atoms with E-state index in [1.165, 1.54) is 11.1 Å². The Labute approximate surface area is 114 Å². The summed E-state index contributed by atoms with van der Waals surface area (Å²) >= 11 is 0. The summed E-state index contributed by atoms with van der Waals surface area (Å²) in [5.41, 5.74) is 2.52. The molecule has 0 spiro atoms. The number of nitrogens with zero attached hydrogens (tertiary/aromatic N) is 1. The minimum Gasteiger partial charge on any atom is -0.494 e. The van der Waals surface area contributed by atoms with Crippen LogP contribution in [-0.4, -0.2) is 18.6 Å². The number of likely N-dealkylation sites (N-methyl/N-ethyl adjacent to an activating group) is 1. The number of ether oxygens (including phenoxy) is 1. The first-order valence-corrected chi connectivity index (χ1v) is 6.62. The van der Waals surface area contributed by atoms with Crippen molar-refractivity contribution in [1.29, 1.82) is 0 Å². The van der Waals surface area contributed by atoms with Crippen molar-refractivity contribution in [2.75, 3.05) is 13.7 Å². The monoisotopic (exact) mass is 256 g/mol. The highest BCUT2D eigenvalue weighted by Gasteiger charge is 2.10. The van der Waals surface area contributed by atoms with Crippen LogP contribution >= 0.6 is 0 Å². The quantitative estimate of drug-likeness (QED) is 0.862. The number of aromatic nitrogens is 1. The highest BCUT2D eigenvalue weighted by Crippen LogP contribution is 2.22. The summed E-state index contributed by atoms with van der Waals surface area (Å²) < 4.78 is 5.55. The number of pyridine rings is 1. The Morgan fingerprint density at radius 2 is 2.00 bits per heavy atom. The SMILES string of the molecule is CCOc1cccc(C(Cc2ccncc2)NC)c1. The third-order valence-corrected chi connectivity index (χ3v) is 3.11. The van der Waals surface area contributed by atoms with Crippen molar-refractivity contribution in [1.82, 2.24) is 10.3 Å². The minimum absolute atomic E-state index is 0.280. The predicted octanol–water partition coefficient (Wildman–Crippen LogP) is 2.98. The maximum atomic E-state index is 5.55. The van der Waals surface area contributed by atoms with Crippen LogP contribution in [0.15, 0.2) is 48.8 Å². The first-order chi connectivity index (χ1) is 9.33. The van der Waals surface area contributed by atoms with E-state index < -0.39 is 0 Å². The van der Waals surface area contributed by atoms with Crippen LogP contribution in [0.4, 0.5) is 0 Å². The molecule has 0 fully saturated rings. The van der Waals surface area contributed by atoms with Gasteiger partial charge >= 0.3 is 0 Å². The van der Waals surface area contributed by atoms with E-state index in [0.717, 1.165) is 12.2 Å². The second kappa shape index (κ2) is 6.90. The van der Waals surface area contributed by atoms with Crippen LogP contribution in [0.2, 0.25) is 0 Å². The molecule has 0 saturated carbocycles. The molecule has 1 unspecified atom stereocenters. The molecule has 1 aromatic carbocycles. The summed E-state index contributed by atoms with van der Waals surface area (Å²) in [4.78, 5) is 4.05. The van der Waals surface area contributed by atoms with Gasteiger partial charge in [-0.1, -0.05) is 12.1 Å². The van der Waals surface area contributed by atoms with Crippen molar-refractivity contribution >= 4 is 0 Å². The lowest BCUT2D eigenvalue weighted by atomic mass is 9.99. The molecular formula is C16H20N2O. The second-order valence-corrected chi connectivity index (χ2v) is 4.41. The maximum absolute atomic E-state index is 5.55. The van der Waals surface area contributed by atoms with E-state index in [4.69, 9.17) is 4.74 Å². The molecule has 1 aromatic heterocycles. The Hall–Kier alpha value is -1.87. The third kappa shape index (κ3) is 3.80. The van der Waals surface area contributed by atoms with Crippen LogP contribution in [0.5, 0.6) is 5.75 Å². The van der Waals surface area contributed by atoms with Gasteiger partial charge in [0, 0.05) is 18.4 Å². The zero-order valence-corrected chi connectivity index (χ0v) is 11.5. The van der Waals surface area contributed by atoms with Gasteiger partial charge < -0.3 is 10.1 Å². The van der Waals surface area contributed by atoms with Gasteiger partial charge in [0.1, 0.15) is 5.75 Å². The fourth-order valence-corrected chi connectivity index (χ4v) is 2.13. The van der Waals surface area contributed by atoms with E-state index in [2.05, 4.69) is 34.6 Å². The summed E-state index contributed by atoms with van der Waals surface area (Å²) in [5.74, 6) is 0.926. The first-order valence-electron chi connectivity index (χ1n) is 6.62. The van der Waals surface area contributed by atoms with Gasteiger partial charge in [-0.3, -0.25) is 4.98 Å². The topological polar surface area (TPSA) is 34.1 Å². The summed E-state index contributed by atoms with van der Waals surface area (Å²) in [6, 6.07) is 12.6. The van der Waals surface area contributed by atoms with Crippen molar-refractivity contribution in [2.45, 2.75) is 19.4 Å². The first kappa shape index (κ1) is 13.6. The van der Waals surface area contributed by atoms with Gasteiger partial charge in [0.05, 0.1) is 6.61 Å². The molecule has 1 heterocycles. The molecule has 3 nitrogen and oxygen atoms in total. The van der Waals surface area contributed by atoms with Crippen molar-refractivity contribution in [3.8, 4) is 5.75 Å². The molecule has 0 bridgehead atoms. The van der Waals surface area contributed by atoms with E-state index in [9.17, 15) is 0 Å². The summed E-state index contributed by atoms with van der Waals surface area (Å²) in [6.45, 7) is 2.69. The fraction of sp³-hybridized carbons (Fsp3) is 0.312. The second-order valence-electron chi connectivity index (χ2n) is 4.41. The minimum atomic E-state index is 0.280. The average molecular weight is 256 g/mol. The number of hydrogen-bond donors (Lipinski definition) is 1. The molecule has 0 amide bonds. The van der Waals surface area contributed by atoms with E-state index in [-0.39, 0.29) is 6.04 Å². The molecule has 1 atom stereocenters. The van der Waals surface area contributed by atoms with Crippen molar-refractivity contribution in [2.24, 2.45) is 0 Å². The van der Waals surface area contributed by atoms with Crippen LogP contribution in [0.3, 0.4) is 0 Å². The lowest BCUT2D eigenvalue weighted by Gasteiger charge is -2.17. The van der Waals surface area contributed by atoms with Gasteiger partial charge in [0.15, 0.2) is 0 Å². The van der Waals surface area contributed by atoms with E-state index >= 15 is 0 Å². The molecule has 1 N–H and O–H groups in total. The summed E-state index contributed by atoms with van der Waals surface area (Å²) in [5, 5.41) is 3.36. The van der Waals surface area contributed by atoms with Crippen LogP contribution in [0.1, 0.15) is 24.1 Å². The van der Waals surface area contributed by atoms with Crippen LogP contribution in [-0.2, 0) is 6.42 Å². The third-order valence-electron chi connectivity index (χ3n) is 3.11. The highest BCUT2D eigenvalue weighted by molar-refractivity contribution is 5.31. The molecule has 3 heteroatoms. The van der Waals surface area contributed by atoms with Crippen LogP contribution in [0.25, 0.3) is 0 Å². The molecule has 19 heavy (non-hydrogen) atoms. The van der Waals surface area contributed by atoms with Crippen LogP contribution in [0, 0.1) is 0 Å². The van der Waals surface area contributed by atoms with Crippen molar-refractivity contribution in [3.63, 3.8) is 0 Å². The molecule has 0 aliphatic heterocycles. The number of hydrogen-bond acceptors (Lipinski definition) is 3. The Morgan fingerprint density at radius 1 is 1.21 bits per heavy atom. The van der Waals surface area contributed by atoms with E-state index in [1.54, 1.807) is 0 Å². The average Bonchev–Trinajstić information content (AvgIpc) is 2.46. The lowest BCUT2D eigenvalue weighted by molar-refractivity contribution is 0.339. The largest absolute Gasteiger partial charge is 0.494 e. The Balaban J connectivity index is 2.15. The van der Waals surface area contributed by atoms with Gasteiger partial charge in [-0.2, -0.15) is 0 Å². The van der Waals surface area contributed by atoms with Crippen LogP contribution < -0.4 is 10.1 Å². The normalized spacial score (nSPS) is 12.1. The van der Waals surface area contributed by atoms with Gasteiger partial charge in [0.2, 0.25) is 0 Å². The predicted molar refractivity (Wildman–Crippen MR) is 77.4 cm³/mol. The zero-order valence-electron chi connectivity index (χ0n) is 11.5. The number of benzene rings is 1. The van der Waals surface area contributed by atoms with E-state index in [1.807, 2.05) is 38.5 Å². The Kier molecular flexibility index (Phi) is 4.93. The van der Waals surface area contributed by atoms with Gasteiger partial charge in [-0.25, -0.2) is 0 Å². The molecule has 2 rings (SSSR count). The van der Waals surface area contributed by atoms with Gasteiger partial charge in [-0.05, 0) is 55.8 Å². The highest BCUT2D eigenvalue weighted by atomic mass is 16.5. The molecule has 0 aliphatic rings. The maximum Gasteiger partial charge on any atom is 0.119 e. The van der Waals surface area contributed by atoms with E-state index in [0.29, 0.717) is 6.61 Å². The summed E-state index contributed by atoms with van der Waals surface area (Å²) in [7, 11) is 1.99. The standard InChI is InChI=1S/C16H20N2O/c1-3-19-15-6-4-5-14(12-15)16(17-2)11-13-7-9-18-10-8-13/h4-10,12,16-17H,3,11H2,1-2H3. The van der Waals surface area contributed by atoms with Gasteiger partial charge in [0.25, 0.3) is 0 Å². The Morgan fingerprint density at radius 3 is 2.68 bits per heavy atom. The summed E-state index contributed by atoms with van der Waals surface area (Å²) in [6.07, 6.45) is 4.60. The lowest BCUT2D eigenvalue weighted by Crippen LogP contribution is -2.18. The number of nitrogens with one attached hydrogen (secondary N) is 1. The van der Waals surface area contributed by atoms with Gasteiger partial charge in [-0.15, -0.1) is 0 Å². The smallest absolute Gasteiger partial charge is 0.119 e.